The van der Waals surface area contributed by atoms with Gasteiger partial charge >= 0.3 is 6.09 Å². The van der Waals surface area contributed by atoms with E-state index >= 15 is 0 Å². The Bertz CT molecular complexity index is 228. The maximum absolute atomic E-state index is 11.2. The molecule has 1 amide bonds. The Morgan fingerprint density at radius 3 is 2.41 bits per heavy atom. The van der Waals surface area contributed by atoms with Crippen molar-refractivity contribution in [3.63, 3.8) is 0 Å². The molecule has 0 aromatic heterocycles. The zero-order valence-corrected chi connectivity index (χ0v) is 11.6. The number of hydrogen-bond acceptors (Lipinski definition) is 5. The second-order valence-corrected chi connectivity index (χ2v) is 4.74. The Morgan fingerprint density at radius 1 is 1.41 bits per heavy atom. The Morgan fingerprint density at radius 2 is 2.00 bits per heavy atom. The summed E-state index contributed by atoms with van der Waals surface area (Å²) in [5.41, 5.74) is 2.41. The number of nitrogens with one attached hydrogen (secondary N) is 1. The monoisotopic (exact) mass is 248 g/mol. The molecule has 17 heavy (non-hydrogen) atoms. The molecule has 6 nitrogen and oxygen atoms in total. The van der Waals surface area contributed by atoms with E-state index in [4.69, 9.17) is 9.78 Å². The molecule has 0 aliphatic rings. The van der Waals surface area contributed by atoms with E-state index in [1.165, 1.54) is 12.1 Å². The van der Waals surface area contributed by atoms with Crippen molar-refractivity contribution >= 4 is 6.09 Å². The molecule has 0 aromatic rings. The average Bonchev–Trinajstić information content (AvgIpc) is 2.25. The lowest BCUT2D eigenvalue weighted by Gasteiger charge is -2.23. The van der Waals surface area contributed by atoms with Crippen molar-refractivity contribution in [2.24, 2.45) is 0 Å². The summed E-state index contributed by atoms with van der Waals surface area (Å²) in [6.07, 6.45) is 0.123. The number of carbonyl (C=O) groups is 1. The molecule has 1 N–H and O–H groups in total. The van der Waals surface area contributed by atoms with Gasteiger partial charge in [-0.25, -0.2) is 25.0 Å². The molecule has 6 heteroatoms. The molecule has 1 unspecified atom stereocenters. The van der Waals surface area contributed by atoms with Crippen LogP contribution in [0.2, 0.25) is 0 Å². The summed E-state index contributed by atoms with van der Waals surface area (Å²) in [4.78, 5) is 21.6. The highest BCUT2D eigenvalue weighted by molar-refractivity contribution is 5.66. The minimum absolute atomic E-state index is 0.102. The summed E-state index contributed by atoms with van der Waals surface area (Å²) in [5.74, 6) is 0. The molecule has 0 rings (SSSR count). The highest BCUT2D eigenvalue weighted by Gasteiger charge is 2.17. The number of amides is 1. The van der Waals surface area contributed by atoms with Crippen LogP contribution in [0.15, 0.2) is 0 Å². The van der Waals surface area contributed by atoms with Crippen molar-refractivity contribution in [1.82, 2.24) is 10.4 Å². The topological polar surface area (TPSA) is 60.0 Å². The van der Waals surface area contributed by atoms with Gasteiger partial charge in [0.15, 0.2) is 0 Å². The van der Waals surface area contributed by atoms with Crippen LogP contribution in [0, 0.1) is 0 Å². The number of nitrogens with zero attached hydrogens (tertiary/aromatic N) is 1. The third-order valence-corrected chi connectivity index (χ3v) is 1.89. The minimum Gasteiger partial charge on any atom is -0.452 e. The Balaban J connectivity index is 3.89. The van der Waals surface area contributed by atoms with Crippen molar-refractivity contribution < 1.29 is 19.3 Å². The van der Waals surface area contributed by atoms with Crippen LogP contribution in [-0.4, -0.2) is 43.5 Å². The third-order valence-electron chi connectivity index (χ3n) is 1.89. The molecule has 0 bridgehead atoms. The Hall–Kier alpha value is -0.850. The lowest BCUT2D eigenvalue weighted by molar-refractivity contribution is -0.370. The molecule has 0 spiro atoms. The van der Waals surface area contributed by atoms with E-state index < -0.39 is 6.09 Å². The summed E-state index contributed by atoms with van der Waals surface area (Å²) in [6, 6.07) is 0. The molecule has 0 saturated carbocycles. The van der Waals surface area contributed by atoms with Gasteiger partial charge in [0.1, 0.15) is 0 Å². The second-order valence-electron chi connectivity index (χ2n) is 4.74. The van der Waals surface area contributed by atoms with Crippen molar-refractivity contribution in [3.05, 3.63) is 0 Å². The smallest absolute Gasteiger partial charge is 0.423 e. The molecule has 0 fully saturated rings. The van der Waals surface area contributed by atoms with Gasteiger partial charge in [0.2, 0.25) is 0 Å². The molecular formula is C11H24N2O4. The summed E-state index contributed by atoms with van der Waals surface area (Å²) in [7, 11) is 3.00. The van der Waals surface area contributed by atoms with Crippen LogP contribution >= 0.6 is 0 Å². The fourth-order valence-corrected chi connectivity index (χ4v) is 0.990. The summed E-state index contributed by atoms with van der Waals surface area (Å²) in [6.45, 7) is 8.10. The molecule has 0 saturated heterocycles. The molecule has 0 radical (unpaired) electrons. The van der Waals surface area contributed by atoms with Gasteiger partial charge in [-0.05, 0) is 34.1 Å². The van der Waals surface area contributed by atoms with Crippen molar-refractivity contribution in [2.45, 2.75) is 45.8 Å². The van der Waals surface area contributed by atoms with Gasteiger partial charge in [-0.1, -0.05) is 0 Å². The number of methoxy groups -OCH3 is 1. The van der Waals surface area contributed by atoms with Crippen LogP contribution in [0.25, 0.3) is 0 Å². The molecule has 102 valence electrons. The van der Waals surface area contributed by atoms with Crippen molar-refractivity contribution in [1.29, 1.82) is 0 Å². The first-order valence-electron chi connectivity index (χ1n) is 5.67. The Labute approximate surface area is 103 Å². The highest BCUT2D eigenvalue weighted by Crippen LogP contribution is 2.10. The SMILES string of the molecule is CNN(CCC(C)OOC(C)(C)C)C(=O)OC. The lowest BCUT2D eigenvalue weighted by Crippen LogP contribution is -2.42. The molecule has 0 aliphatic heterocycles. The number of carbonyl (C=O) groups excluding carboxylic acids is 1. The fourth-order valence-electron chi connectivity index (χ4n) is 0.990. The first kappa shape index (κ1) is 16.1. The quantitative estimate of drug-likeness (QED) is 0.573. The minimum atomic E-state index is -0.420. The first-order valence-corrected chi connectivity index (χ1v) is 5.67. The van der Waals surface area contributed by atoms with E-state index in [9.17, 15) is 4.79 Å². The number of hydrogen-bond donors (Lipinski definition) is 1. The molecule has 0 aliphatic carbocycles. The maximum Gasteiger partial charge on any atom is 0.423 e. The van der Waals surface area contributed by atoms with E-state index in [0.29, 0.717) is 13.0 Å². The summed E-state index contributed by atoms with van der Waals surface area (Å²) >= 11 is 0. The Kier molecular flexibility index (Phi) is 7.10. The second kappa shape index (κ2) is 7.47. The van der Waals surface area contributed by atoms with Crippen molar-refractivity contribution in [2.75, 3.05) is 20.7 Å². The van der Waals surface area contributed by atoms with Crippen LogP contribution in [-0.2, 0) is 14.5 Å². The number of rotatable bonds is 6. The van der Waals surface area contributed by atoms with Gasteiger partial charge in [-0.15, -0.1) is 0 Å². The zero-order chi connectivity index (χ0) is 13.5. The van der Waals surface area contributed by atoms with E-state index in [1.807, 2.05) is 27.7 Å². The van der Waals surface area contributed by atoms with Gasteiger partial charge in [-0.2, -0.15) is 0 Å². The molecular weight excluding hydrogens is 224 g/mol. The average molecular weight is 248 g/mol. The largest absolute Gasteiger partial charge is 0.452 e. The van der Waals surface area contributed by atoms with E-state index in [-0.39, 0.29) is 11.7 Å². The molecule has 0 heterocycles. The molecule has 1 atom stereocenters. The fraction of sp³-hybridized carbons (Fsp3) is 0.909. The van der Waals surface area contributed by atoms with Gasteiger partial charge in [0.05, 0.1) is 18.8 Å². The van der Waals surface area contributed by atoms with Crippen LogP contribution in [0.1, 0.15) is 34.1 Å². The van der Waals surface area contributed by atoms with Gasteiger partial charge in [-0.3, -0.25) is 0 Å². The highest BCUT2D eigenvalue weighted by atomic mass is 17.2. The van der Waals surface area contributed by atoms with Crippen molar-refractivity contribution in [3.8, 4) is 0 Å². The number of hydrazine groups is 1. The predicted octanol–water partition coefficient (Wildman–Crippen LogP) is 1.71. The van der Waals surface area contributed by atoms with E-state index in [1.54, 1.807) is 7.05 Å². The normalized spacial score (nSPS) is 13.3. The van der Waals surface area contributed by atoms with Gasteiger partial charge < -0.3 is 4.74 Å². The van der Waals surface area contributed by atoms with Crippen LogP contribution in [0.3, 0.4) is 0 Å². The number of ether oxygens (including phenoxy) is 1. The van der Waals surface area contributed by atoms with Crippen LogP contribution in [0.4, 0.5) is 4.79 Å². The maximum atomic E-state index is 11.2. The predicted molar refractivity (Wildman–Crippen MR) is 64.2 cm³/mol. The first-order chi connectivity index (χ1) is 7.80. The standard InChI is InChI=1S/C11H24N2O4/c1-9(16-17-11(2,3)4)7-8-13(12-5)10(14)15-6/h9,12H,7-8H2,1-6H3. The van der Waals surface area contributed by atoms with Gasteiger partial charge in [0, 0.05) is 13.6 Å². The van der Waals surface area contributed by atoms with E-state index in [0.717, 1.165) is 0 Å². The molecule has 0 aromatic carbocycles. The lowest BCUT2D eigenvalue weighted by atomic mass is 10.2. The van der Waals surface area contributed by atoms with E-state index in [2.05, 4.69) is 10.2 Å². The summed E-state index contributed by atoms with van der Waals surface area (Å²) < 4.78 is 4.60. The summed E-state index contributed by atoms with van der Waals surface area (Å²) in [5, 5.41) is 1.37. The van der Waals surface area contributed by atoms with Crippen LogP contribution < -0.4 is 5.43 Å². The zero-order valence-electron chi connectivity index (χ0n) is 11.6. The van der Waals surface area contributed by atoms with Crippen LogP contribution in [0.5, 0.6) is 0 Å². The third kappa shape index (κ3) is 7.95. The van der Waals surface area contributed by atoms with Gasteiger partial charge in [0.25, 0.3) is 0 Å².